The molecule has 0 saturated carbocycles. The number of aryl methyl sites for hydroxylation is 1. The van der Waals surface area contributed by atoms with Gasteiger partial charge in [-0.2, -0.15) is 26.3 Å². The summed E-state index contributed by atoms with van der Waals surface area (Å²) < 4.78 is 81.5. The number of hydrogen-bond donors (Lipinski definition) is 1. The van der Waals surface area contributed by atoms with Gasteiger partial charge in [0.2, 0.25) is 0 Å². The Morgan fingerprint density at radius 2 is 1.62 bits per heavy atom. The first-order valence-electron chi connectivity index (χ1n) is 6.10. The van der Waals surface area contributed by atoms with Crippen LogP contribution in [0.2, 0.25) is 0 Å². The predicted molar refractivity (Wildman–Crippen MR) is 64.9 cm³/mol. The van der Waals surface area contributed by atoms with Crippen LogP contribution in [-0.2, 0) is 0 Å². The molecule has 0 aliphatic rings. The van der Waals surface area contributed by atoms with Crippen LogP contribution in [0.5, 0.6) is 5.75 Å². The van der Waals surface area contributed by atoms with Crippen molar-refractivity contribution in [3.05, 3.63) is 29.3 Å². The van der Waals surface area contributed by atoms with Crippen LogP contribution < -0.4 is 10.5 Å². The molecule has 0 aliphatic heterocycles. The van der Waals surface area contributed by atoms with Gasteiger partial charge < -0.3 is 10.5 Å². The average molecular weight is 315 g/mol. The lowest BCUT2D eigenvalue weighted by Gasteiger charge is -2.29. The van der Waals surface area contributed by atoms with E-state index in [1.807, 2.05) is 0 Å². The van der Waals surface area contributed by atoms with Crippen molar-refractivity contribution in [1.29, 1.82) is 0 Å². The van der Waals surface area contributed by atoms with E-state index in [-0.39, 0.29) is 17.9 Å². The Morgan fingerprint density at radius 1 is 1.10 bits per heavy atom. The fourth-order valence-corrected chi connectivity index (χ4v) is 1.99. The Labute approximate surface area is 117 Å². The van der Waals surface area contributed by atoms with E-state index >= 15 is 0 Å². The maximum Gasteiger partial charge on any atom is 0.402 e. The molecule has 2 nitrogen and oxygen atoms in total. The molecule has 0 radical (unpaired) electrons. The molecule has 1 rings (SSSR count). The van der Waals surface area contributed by atoms with Crippen molar-refractivity contribution in [3.63, 3.8) is 0 Å². The molecule has 8 heteroatoms. The van der Waals surface area contributed by atoms with Crippen LogP contribution in [0.25, 0.3) is 0 Å². The van der Waals surface area contributed by atoms with E-state index in [1.54, 1.807) is 13.8 Å². The largest absolute Gasteiger partial charge is 0.494 e. The second-order valence-corrected chi connectivity index (χ2v) is 4.56. The van der Waals surface area contributed by atoms with Gasteiger partial charge >= 0.3 is 12.4 Å². The van der Waals surface area contributed by atoms with Crippen LogP contribution in [0, 0.1) is 12.8 Å². The quantitative estimate of drug-likeness (QED) is 0.848. The van der Waals surface area contributed by atoms with Crippen molar-refractivity contribution in [1.82, 2.24) is 0 Å². The van der Waals surface area contributed by atoms with E-state index in [0.29, 0.717) is 5.56 Å². The lowest BCUT2D eigenvalue weighted by Crippen LogP contribution is -2.44. The molecule has 0 saturated heterocycles. The predicted octanol–water partition coefficient (Wildman–Crippen LogP) is 4.13. The Hall–Kier alpha value is -1.44. The summed E-state index contributed by atoms with van der Waals surface area (Å²) in [5.74, 6) is -3.72. The number of rotatable bonds is 4. The van der Waals surface area contributed by atoms with E-state index in [4.69, 9.17) is 10.5 Å². The number of alkyl halides is 6. The fourth-order valence-electron chi connectivity index (χ4n) is 1.99. The third kappa shape index (κ3) is 4.26. The van der Waals surface area contributed by atoms with Gasteiger partial charge in [0.05, 0.1) is 12.6 Å². The third-order valence-electron chi connectivity index (χ3n) is 2.89. The summed E-state index contributed by atoms with van der Waals surface area (Å²) >= 11 is 0. The van der Waals surface area contributed by atoms with E-state index in [1.165, 1.54) is 18.2 Å². The van der Waals surface area contributed by atoms with E-state index in [9.17, 15) is 26.3 Å². The van der Waals surface area contributed by atoms with Crippen LogP contribution in [-0.4, -0.2) is 19.0 Å². The molecule has 1 atom stereocenters. The molecule has 0 fully saturated rings. The average Bonchev–Trinajstić information content (AvgIpc) is 2.27. The molecule has 0 amide bonds. The minimum atomic E-state index is -5.50. The molecule has 0 spiro atoms. The topological polar surface area (TPSA) is 35.2 Å². The number of nitrogens with two attached hydrogens (primary N) is 1. The number of hydrogen-bond acceptors (Lipinski definition) is 2. The molecule has 0 bridgehead atoms. The lowest BCUT2D eigenvalue weighted by atomic mass is 9.91. The molecule has 1 unspecified atom stereocenters. The van der Waals surface area contributed by atoms with E-state index in [0.717, 1.165) is 0 Å². The highest BCUT2D eigenvalue weighted by Gasteiger charge is 2.60. The Morgan fingerprint density at radius 3 is 2.05 bits per heavy atom. The lowest BCUT2D eigenvalue weighted by molar-refractivity contribution is -0.290. The zero-order valence-electron chi connectivity index (χ0n) is 11.3. The highest BCUT2D eigenvalue weighted by molar-refractivity contribution is 5.39. The SMILES string of the molecule is CCOc1ccc(C)cc1C(N)C(C(F)(F)F)C(F)(F)F. The van der Waals surface area contributed by atoms with Gasteiger partial charge in [-0.05, 0) is 19.9 Å². The van der Waals surface area contributed by atoms with Crippen LogP contribution in [0.3, 0.4) is 0 Å². The molecule has 2 N–H and O–H groups in total. The second kappa shape index (κ2) is 6.13. The van der Waals surface area contributed by atoms with Crippen molar-refractivity contribution < 1.29 is 31.1 Å². The molecule has 1 aromatic carbocycles. The number of halogens is 6. The smallest absolute Gasteiger partial charge is 0.402 e. The first-order chi connectivity index (χ1) is 9.48. The standard InChI is InChI=1S/C13H15F6NO/c1-3-21-9-5-4-7(2)6-8(9)10(20)11(12(14,15)16)13(17,18)19/h4-6,10-11H,3,20H2,1-2H3. The minimum absolute atomic E-state index is 0.0749. The van der Waals surface area contributed by atoms with Crippen molar-refractivity contribution in [2.45, 2.75) is 32.2 Å². The Balaban J connectivity index is 3.33. The van der Waals surface area contributed by atoms with Crippen LogP contribution >= 0.6 is 0 Å². The summed E-state index contributed by atoms with van der Waals surface area (Å²) in [6.45, 7) is 3.22. The molecule has 21 heavy (non-hydrogen) atoms. The van der Waals surface area contributed by atoms with Gasteiger partial charge in [-0.15, -0.1) is 0 Å². The molecular weight excluding hydrogens is 300 g/mol. The Kier molecular flexibility index (Phi) is 5.14. The molecule has 1 aromatic rings. The van der Waals surface area contributed by atoms with Crippen LogP contribution in [0.4, 0.5) is 26.3 Å². The first-order valence-corrected chi connectivity index (χ1v) is 6.10. The zero-order valence-corrected chi connectivity index (χ0v) is 11.3. The summed E-state index contributed by atoms with van der Waals surface area (Å²) in [5, 5.41) is 0. The van der Waals surface area contributed by atoms with Crippen LogP contribution in [0.15, 0.2) is 18.2 Å². The maximum atomic E-state index is 12.7. The van der Waals surface area contributed by atoms with Gasteiger partial charge in [-0.1, -0.05) is 17.7 Å². The van der Waals surface area contributed by atoms with Crippen molar-refractivity contribution in [2.24, 2.45) is 11.7 Å². The molecular formula is C13H15F6NO. The van der Waals surface area contributed by atoms with E-state index in [2.05, 4.69) is 0 Å². The van der Waals surface area contributed by atoms with Gasteiger partial charge in [0.15, 0.2) is 5.92 Å². The van der Waals surface area contributed by atoms with Gasteiger partial charge in [0, 0.05) is 5.56 Å². The van der Waals surface area contributed by atoms with Gasteiger partial charge in [-0.25, -0.2) is 0 Å². The highest BCUT2D eigenvalue weighted by Crippen LogP contribution is 2.47. The van der Waals surface area contributed by atoms with Gasteiger partial charge in [-0.3, -0.25) is 0 Å². The minimum Gasteiger partial charge on any atom is -0.494 e. The summed E-state index contributed by atoms with van der Waals surface area (Å²) in [6.07, 6.45) is -11.0. The summed E-state index contributed by atoms with van der Waals surface area (Å²) in [6, 6.07) is 1.74. The first kappa shape index (κ1) is 17.6. The van der Waals surface area contributed by atoms with Gasteiger partial charge in [0.25, 0.3) is 0 Å². The van der Waals surface area contributed by atoms with Crippen molar-refractivity contribution >= 4 is 0 Å². The van der Waals surface area contributed by atoms with Crippen molar-refractivity contribution in [2.75, 3.05) is 6.61 Å². The second-order valence-electron chi connectivity index (χ2n) is 4.56. The van der Waals surface area contributed by atoms with E-state index < -0.39 is 24.3 Å². The Bertz CT molecular complexity index is 469. The van der Waals surface area contributed by atoms with Gasteiger partial charge in [0.1, 0.15) is 5.75 Å². The molecule has 0 heterocycles. The molecule has 0 aliphatic carbocycles. The zero-order chi connectivity index (χ0) is 16.4. The molecule has 120 valence electrons. The highest BCUT2D eigenvalue weighted by atomic mass is 19.4. The monoisotopic (exact) mass is 315 g/mol. The summed E-state index contributed by atoms with van der Waals surface area (Å²) in [7, 11) is 0. The normalized spacial score (nSPS) is 14.4. The molecule has 0 aromatic heterocycles. The maximum absolute atomic E-state index is 12.7. The summed E-state index contributed by atoms with van der Waals surface area (Å²) in [5.41, 5.74) is 5.48. The fraction of sp³-hybridized carbons (Fsp3) is 0.538. The number of ether oxygens (including phenoxy) is 1. The van der Waals surface area contributed by atoms with Crippen LogP contribution in [0.1, 0.15) is 24.1 Å². The third-order valence-corrected chi connectivity index (χ3v) is 2.89. The number of benzene rings is 1. The van der Waals surface area contributed by atoms with Crippen molar-refractivity contribution in [3.8, 4) is 5.75 Å². The summed E-state index contributed by atoms with van der Waals surface area (Å²) in [4.78, 5) is 0.